The number of terminal acetylenes is 1. The molecule has 4 aromatic rings. The number of para-hydroxylation sites is 1. The molecule has 0 saturated carbocycles. The van der Waals surface area contributed by atoms with Crippen LogP contribution in [0.15, 0.2) is 60.7 Å². The number of hydrogen-bond donors (Lipinski definition) is 0. The zero-order chi connectivity index (χ0) is 21.4. The third kappa shape index (κ3) is 2.66. The fraction of sp³-hybridized carbons (Fsp3) is 0.133. The second-order valence-corrected chi connectivity index (χ2v) is 7.71. The van der Waals surface area contributed by atoms with Crippen molar-refractivity contribution < 1.29 is 0 Å². The van der Waals surface area contributed by atoms with Gasteiger partial charge in [0, 0.05) is 28.4 Å². The predicted octanol–water partition coefficient (Wildman–Crippen LogP) is 5.74. The fourth-order valence-corrected chi connectivity index (χ4v) is 4.91. The number of hydrogen-bond acceptors (Lipinski definition) is 0. The van der Waals surface area contributed by atoms with Gasteiger partial charge in [0.1, 0.15) is 0 Å². The largest absolute Gasteiger partial charge is 0.340 e. The molecule has 0 fully saturated rings. The van der Waals surface area contributed by atoms with Crippen LogP contribution in [-0.2, 0) is 12.0 Å². The van der Waals surface area contributed by atoms with Gasteiger partial charge in [0.2, 0.25) is 0 Å². The van der Waals surface area contributed by atoms with Crippen molar-refractivity contribution in [2.45, 2.75) is 25.8 Å². The van der Waals surface area contributed by atoms with Crippen molar-refractivity contribution in [3.63, 3.8) is 0 Å². The van der Waals surface area contributed by atoms with E-state index in [2.05, 4.69) is 121 Å². The van der Waals surface area contributed by atoms with Crippen molar-refractivity contribution in [3.8, 4) is 59.0 Å². The summed E-state index contributed by atoms with van der Waals surface area (Å²) in [5, 5.41) is 2.54. The molecule has 0 spiro atoms. The first-order valence-corrected chi connectivity index (χ1v) is 10.3. The summed E-state index contributed by atoms with van der Waals surface area (Å²) in [5.74, 6) is 19.5. The van der Waals surface area contributed by atoms with E-state index >= 15 is 0 Å². The lowest BCUT2D eigenvalue weighted by atomic mass is 9.80. The highest BCUT2D eigenvalue weighted by Crippen LogP contribution is 2.52. The molecule has 31 heavy (non-hydrogen) atoms. The molecule has 0 N–H and O–H groups in total. The van der Waals surface area contributed by atoms with E-state index in [0.717, 1.165) is 6.54 Å². The highest BCUT2D eigenvalue weighted by Gasteiger charge is 2.40. The second kappa shape index (κ2) is 7.19. The van der Waals surface area contributed by atoms with Gasteiger partial charge in [-0.1, -0.05) is 60.5 Å². The fourth-order valence-electron chi connectivity index (χ4n) is 4.91. The molecule has 0 amide bonds. The Labute approximate surface area is 183 Å². The maximum Gasteiger partial charge on any atom is 0.0826 e. The Hall–Kier alpha value is -4.30. The average Bonchev–Trinajstić information content (AvgIpc) is 3.26. The van der Waals surface area contributed by atoms with E-state index in [1.165, 1.54) is 44.1 Å². The van der Waals surface area contributed by atoms with Gasteiger partial charge in [0.15, 0.2) is 0 Å². The van der Waals surface area contributed by atoms with Gasteiger partial charge in [-0.25, -0.2) is 0 Å². The molecule has 0 aliphatic heterocycles. The summed E-state index contributed by atoms with van der Waals surface area (Å²) in [6.07, 6.45) is 5.15. The Kier molecular flexibility index (Phi) is 4.34. The Bertz CT molecular complexity index is 1600. The van der Waals surface area contributed by atoms with Crippen molar-refractivity contribution in [2.24, 2.45) is 0 Å². The van der Waals surface area contributed by atoms with Gasteiger partial charge < -0.3 is 4.57 Å². The number of rotatable bonds is 1. The summed E-state index contributed by atoms with van der Waals surface area (Å²) in [7, 11) is 0. The Morgan fingerprint density at radius 3 is 2.39 bits per heavy atom. The molecule has 1 heterocycles. The van der Waals surface area contributed by atoms with Crippen LogP contribution in [0.2, 0.25) is 0 Å². The van der Waals surface area contributed by atoms with E-state index in [4.69, 9.17) is 6.42 Å². The van der Waals surface area contributed by atoms with E-state index < -0.39 is 5.41 Å². The molecule has 3 aromatic carbocycles. The summed E-state index contributed by atoms with van der Waals surface area (Å²) in [5.41, 5.74) is 7.00. The number of aryl methyl sites for hydroxylation is 1. The smallest absolute Gasteiger partial charge is 0.0826 e. The third-order valence-corrected chi connectivity index (χ3v) is 6.14. The van der Waals surface area contributed by atoms with Gasteiger partial charge >= 0.3 is 0 Å². The molecule has 1 heteroatoms. The van der Waals surface area contributed by atoms with Gasteiger partial charge in [-0.15, -0.1) is 6.42 Å². The van der Waals surface area contributed by atoms with Crippen LogP contribution in [0.3, 0.4) is 0 Å². The van der Waals surface area contributed by atoms with Crippen molar-refractivity contribution in [2.75, 3.05) is 0 Å². The molecule has 1 nitrogen and oxygen atoms in total. The quantitative estimate of drug-likeness (QED) is 0.363. The lowest BCUT2D eigenvalue weighted by Gasteiger charge is -2.22. The highest BCUT2D eigenvalue weighted by molar-refractivity contribution is 6.12. The predicted molar refractivity (Wildman–Crippen MR) is 129 cm³/mol. The monoisotopic (exact) mass is 393 g/mol. The zero-order valence-corrected chi connectivity index (χ0v) is 17.5. The first-order chi connectivity index (χ1) is 15.2. The number of fused-ring (bicyclic) bond motifs is 7. The molecule has 1 unspecified atom stereocenters. The van der Waals surface area contributed by atoms with Gasteiger partial charge in [0.25, 0.3) is 0 Å². The molecule has 1 atom stereocenters. The first kappa shape index (κ1) is 18.7. The van der Waals surface area contributed by atoms with Crippen LogP contribution in [0.4, 0.5) is 0 Å². The van der Waals surface area contributed by atoms with Gasteiger partial charge in [-0.3, -0.25) is 0 Å². The number of aromatic nitrogens is 1. The van der Waals surface area contributed by atoms with E-state index in [1.807, 2.05) is 0 Å². The van der Waals surface area contributed by atoms with E-state index in [0.29, 0.717) is 0 Å². The summed E-state index contributed by atoms with van der Waals surface area (Å²) >= 11 is 0. The lowest BCUT2D eigenvalue weighted by molar-refractivity contribution is 0.764. The average molecular weight is 393 g/mol. The lowest BCUT2D eigenvalue weighted by Crippen LogP contribution is -2.19. The minimum atomic E-state index is -0.471. The Morgan fingerprint density at radius 2 is 1.55 bits per heavy atom. The van der Waals surface area contributed by atoms with Crippen LogP contribution in [0.5, 0.6) is 0 Å². The summed E-state index contributed by atoms with van der Waals surface area (Å²) in [6, 6.07) is 21.7. The molecular formula is C30H19N. The summed E-state index contributed by atoms with van der Waals surface area (Å²) in [4.78, 5) is 0. The van der Waals surface area contributed by atoms with Crippen LogP contribution < -0.4 is 0 Å². The van der Waals surface area contributed by atoms with Crippen molar-refractivity contribution >= 4 is 21.8 Å². The number of benzene rings is 3. The van der Waals surface area contributed by atoms with Crippen molar-refractivity contribution in [3.05, 3.63) is 71.8 Å². The van der Waals surface area contributed by atoms with Gasteiger partial charge in [-0.05, 0) is 72.1 Å². The van der Waals surface area contributed by atoms with Crippen molar-refractivity contribution in [1.82, 2.24) is 4.57 Å². The maximum absolute atomic E-state index is 5.15. The zero-order valence-electron chi connectivity index (χ0n) is 17.5. The van der Waals surface area contributed by atoms with Gasteiger partial charge in [0.05, 0.1) is 10.9 Å². The van der Waals surface area contributed by atoms with Gasteiger partial charge in [-0.2, -0.15) is 0 Å². The molecule has 5 rings (SSSR count). The van der Waals surface area contributed by atoms with Crippen molar-refractivity contribution in [1.29, 1.82) is 0 Å². The van der Waals surface area contributed by atoms with Crippen LogP contribution in [-0.4, -0.2) is 4.57 Å². The number of nitrogens with zero attached hydrogens (tertiary/aromatic N) is 1. The van der Waals surface area contributed by atoms with E-state index in [1.54, 1.807) is 0 Å². The van der Waals surface area contributed by atoms with Crippen LogP contribution in [0.1, 0.15) is 25.0 Å². The third-order valence-electron chi connectivity index (χ3n) is 6.14. The SMILES string of the molecule is C#CC#CC#CC#CC1(C)c2ccccc2-c2ccc3c4ccccc4n(CC)c3c21. The van der Waals surface area contributed by atoms with E-state index in [-0.39, 0.29) is 0 Å². The molecule has 0 saturated heterocycles. The maximum atomic E-state index is 5.15. The summed E-state index contributed by atoms with van der Waals surface area (Å²) in [6.45, 7) is 5.30. The second-order valence-electron chi connectivity index (χ2n) is 7.71. The molecule has 0 bridgehead atoms. The summed E-state index contributed by atoms with van der Waals surface area (Å²) < 4.78 is 2.42. The molecule has 0 radical (unpaired) electrons. The Balaban J connectivity index is 1.88. The standard InChI is InChI=1S/C30H19N/c1-4-6-7-8-9-14-21-30(3)26-17-12-10-15-22(26)24-19-20-25-23-16-11-13-18-27(23)31(5-2)29(25)28(24)30/h1,10-13,15-20H,5H2,2-3H3. The molecular weight excluding hydrogens is 374 g/mol. The normalized spacial score (nSPS) is 15.5. The molecule has 1 aromatic heterocycles. The molecule has 1 aliphatic carbocycles. The van der Waals surface area contributed by atoms with Crippen LogP contribution >= 0.6 is 0 Å². The topological polar surface area (TPSA) is 4.93 Å². The van der Waals surface area contributed by atoms with E-state index in [9.17, 15) is 0 Å². The minimum absolute atomic E-state index is 0.471. The van der Waals surface area contributed by atoms with Crippen LogP contribution in [0, 0.1) is 47.9 Å². The van der Waals surface area contributed by atoms with Crippen LogP contribution in [0.25, 0.3) is 32.9 Å². The molecule has 1 aliphatic rings. The minimum Gasteiger partial charge on any atom is -0.340 e. The highest BCUT2D eigenvalue weighted by atomic mass is 15.0. The molecule has 144 valence electrons. The Morgan fingerprint density at radius 1 is 0.806 bits per heavy atom. The first-order valence-electron chi connectivity index (χ1n) is 10.3.